The van der Waals surface area contributed by atoms with Gasteiger partial charge in [0.1, 0.15) is 12.3 Å². The number of aromatic nitrogens is 1. The third kappa shape index (κ3) is 2.55. The molecule has 2 saturated heterocycles. The van der Waals surface area contributed by atoms with Crippen molar-refractivity contribution >= 4 is 17.9 Å². The molecule has 0 saturated carbocycles. The molecule has 3 rings (SSSR count). The molecule has 0 unspecified atom stereocenters. The number of ether oxygens (including phenoxy) is 1. The first-order chi connectivity index (χ1) is 11.2. The molecule has 2 aliphatic heterocycles. The van der Waals surface area contributed by atoms with Crippen LogP contribution in [-0.4, -0.2) is 51.6 Å². The molecule has 0 aliphatic carbocycles. The van der Waals surface area contributed by atoms with Crippen molar-refractivity contribution < 1.29 is 23.6 Å². The summed E-state index contributed by atoms with van der Waals surface area (Å²) in [5, 5.41) is 3.95. The largest absolute Gasteiger partial charge is 0.433 e. The number of nitrogens with zero attached hydrogens (tertiary/aromatic N) is 3. The van der Waals surface area contributed by atoms with Gasteiger partial charge in [0.05, 0.1) is 11.7 Å². The Morgan fingerprint density at radius 2 is 2.04 bits per heavy atom. The quantitative estimate of drug-likeness (QED) is 0.835. The van der Waals surface area contributed by atoms with Crippen LogP contribution in [0.2, 0.25) is 0 Å². The minimum atomic E-state index is -1.22. The third-order valence-electron chi connectivity index (χ3n) is 4.61. The number of imide groups is 1. The number of aryl methyl sites for hydroxylation is 2. The van der Waals surface area contributed by atoms with Crippen LogP contribution >= 0.6 is 0 Å². The summed E-state index contributed by atoms with van der Waals surface area (Å²) in [5.74, 6) is -0.0792. The summed E-state index contributed by atoms with van der Waals surface area (Å²) in [5.41, 5.74) is 0.454. The second-order valence-electron chi connectivity index (χ2n) is 6.75. The number of likely N-dealkylation sites (tertiary alicyclic amines) is 1. The Morgan fingerprint density at radius 3 is 2.58 bits per heavy atom. The second kappa shape index (κ2) is 5.61. The molecule has 2 aliphatic rings. The predicted molar refractivity (Wildman–Crippen MR) is 81.9 cm³/mol. The van der Waals surface area contributed by atoms with Crippen molar-refractivity contribution in [2.75, 3.05) is 13.1 Å². The van der Waals surface area contributed by atoms with Gasteiger partial charge in [-0.25, -0.2) is 9.69 Å². The maximum Gasteiger partial charge on any atom is 0.418 e. The van der Waals surface area contributed by atoms with Gasteiger partial charge in [-0.05, 0) is 40.5 Å². The summed E-state index contributed by atoms with van der Waals surface area (Å²) >= 11 is 0. The van der Waals surface area contributed by atoms with Crippen LogP contribution in [0.1, 0.15) is 49.7 Å². The van der Waals surface area contributed by atoms with E-state index >= 15 is 0 Å². The van der Waals surface area contributed by atoms with E-state index in [2.05, 4.69) is 5.16 Å². The lowest BCUT2D eigenvalue weighted by Gasteiger charge is -2.26. The summed E-state index contributed by atoms with van der Waals surface area (Å²) in [6, 6.07) is -0.134. The average molecular weight is 335 g/mol. The van der Waals surface area contributed by atoms with Crippen LogP contribution in [0.25, 0.3) is 0 Å². The van der Waals surface area contributed by atoms with Crippen molar-refractivity contribution in [1.82, 2.24) is 15.0 Å². The molecule has 1 aromatic heterocycles. The van der Waals surface area contributed by atoms with Crippen molar-refractivity contribution in [3.8, 4) is 0 Å². The Kier molecular flexibility index (Phi) is 3.85. The van der Waals surface area contributed by atoms with Gasteiger partial charge in [0.2, 0.25) is 5.91 Å². The maximum atomic E-state index is 12.7. The van der Waals surface area contributed by atoms with Gasteiger partial charge in [0.15, 0.2) is 5.60 Å². The summed E-state index contributed by atoms with van der Waals surface area (Å²) in [4.78, 5) is 39.3. The first kappa shape index (κ1) is 16.5. The zero-order valence-electron chi connectivity index (χ0n) is 14.3. The highest BCUT2D eigenvalue weighted by Crippen LogP contribution is 2.36. The van der Waals surface area contributed by atoms with Crippen LogP contribution in [0.15, 0.2) is 4.52 Å². The number of carbonyl (C=O) groups excluding carboxylic acids is 3. The Balaban J connectivity index is 1.78. The molecule has 0 aromatic carbocycles. The van der Waals surface area contributed by atoms with Crippen LogP contribution in [0.3, 0.4) is 0 Å². The minimum Gasteiger partial charge on any atom is -0.433 e. The van der Waals surface area contributed by atoms with Gasteiger partial charge in [-0.1, -0.05) is 5.16 Å². The zero-order valence-corrected chi connectivity index (χ0v) is 14.3. The first-order valence-electron chi connectivity index (χ1n) is 7.99. The maximum absolute atomic E-state index is 12.7. The van der Waals surface area contributed by atoms with E-state index in [1.165, 1.54) is 13.8 Å². The fourth-order valence-corrected chi connectivity index (χ4v) is 3.42. The topological polar surface area (TPSA) is 93.0 Å². The highest BCUT2D eigenvalue weighted by Gasteiger charge is 2.48. The van der Waals surface area contributed by atoms with E-state index in [4.69, 9.17) is 9.26 Å². The predicted octanol–water partition coefficient (Wildman–Crippen LogP) is 1.71. The van der Waals surface area contributed by atoms with Crippen LogP contribution in [0.4, 0.5) is 4.79 Å². The SMILES string of the molecule is Cc1noc(C)c1[C@@H]1CCCN1C(=O)CN1C(=O)OC(C)(C)C1=O. The van der Waals surface area contributed by atoms with Crippen LogP contribution < -0.4 is 0 Å². The number of amides is 3. The fraction of sp³-hybridized carbons (Fsp3) is 0.625. The summed E-state index contributed by atoms with van der Waals surface area (Å²) in [7, 11) is 0. The number of cyclic esters (lactones) is 1. The lowest BCUT2D eigenvalue weighted by atomic mass is 10.0. The molecule has 24 heavy (non-hydrogen) atoms. The average Bonchev–Trinajstić information content (AvgIpc) is 3.13. The van der Waals surface area contributed by atoms with Gasteiger partial charge >= 0.3 is 6.09 Å². The molecule has 130 valence electrons. The van der Waals surface area contributed by atoms with E-state index in [0.29, 0.717) is 12.3 Å². The Morgan fingerprint density at radius 1 is 1.33 bits per heavy atom. The van der Waals surface area contributed by atoms with Gasteiger partial charge in [0.25, 0.3) is 5.91 Å². The van der Waals surface area contributed by atoms with Crippen molar-refractivity contribution in [3.05, 3.63) is 17.0 Å². The van der Waals surface area contributed by atoms with E-state index < -0.39 is 17.6 Å². The Labute approximate surface area is 139 Å². The van der Waals surface area contributed by atoms with E-state index in [-0.39, 0.29) is 18.5 Å². The standard InChI is InChI=1S/C16H21N3O5/c1-9-13(10(2)24-17-9)11-6-5-7-18(11)12(20)8-19-14(21)16(3,4)23-15(19)22/h11H,5-8H2,1-4H3/t11-/m0/s1. The van der Waals surface area contributed by atoms with E-state index in [1.54, 1.807) is 4.90 Å². The molecular weight excluding hydrogens is 314 g/mol. The van der Waals surface area contributed by atoms with Gasteiger partial charge in [-0.2, -0.15) is 0 Å². The molecule has 8 heteroatoms. The van der Waals surface area contributed by atoms with Crippen molar-refractivity contribution in [2.24, 2.45) is 0 Å². The van der Waals surface area contributed by atoms with Crippen molar-refractivity contribution in [3.63, 3.8) is 0 Å². The Bertz CT molecular complexity index is 689. The summed E-state index contributed by atoms with van der Waals surface area (Å²) in [6.45, 7) is 6.96. The highest BCUT2D eigenvalue weighted by molar-refractivity contribution is 6.04. The van der Waals surface area contributed by atoms with Gasteiger partial charge < -0.3 is 14.2 Å². The number of hydrogen-bond acceptors (Lipinski definition) is 6. The molecule has 3 heterocycles. The zero-order chi connectivity index (χ0) is 17.6. The molecule has 0 spiro atoms. The molecule has 0 N–H and O–H groups in total. The van der Waals surface area contributed by atoms with E-state index in [9.17, 15) is 14.4 Å². The number of hydrogen-bond donors (Lipinski definition) is 0. The van der Waals surface area contributed by atoms with E-state index in [1.807, 2.05) is 13.8 Å². The number of rotatable bonds is 3. The molecular formula is C16H21N3O5. The molecule has 2 fully saturated rings. The van der Waals surface area contributed by atoms with Crippen molar-refractivity contribution in [1.29, 1.82) is 0 Å². The second-order valence-corrected chi connectivity index (χ2v) is 6.75. The molecule has 1 aromatic rings. The van der Waals surface area contributed by atoms with Crippen molar-refractivity contribution in [2.45, 2.75) is 52.2 Å². The van der Waals surface area contributed by atoms with Gasteiger partial charge in [-0.15, -0.1) is 0 Å². The first-order valence-corrected chi connectivity index (χ1v) is 7.99. The molecule has 3 amide bonds. The smallest absolute Gasteiger partial charge is 0.418 e. The third-order valence-corrected chi connectivity index (χ3v) is 4.61. The Hall–Kier alpha value is -2.38. The molecule has 8 nitrogen and oxygen atoms in total. The summed E-state index contributed by atoms with van der Waals surface area (Å²) < 4.78 is 10.2. The fourth-order valence-electron chi connectivity index (χ4n) is 3.42. The lowest BCUT2D eigenvalue weighted by Crippen LogP contribution is -2.44. The van der Waals surface area contributed by atoms with Crippen LogP contribution in [0, 0.1) is 13.8 Å². The molecule has 0 bridgehead atoms. The van der Waals surface area contributed by atoms with Gasteiger partial charge in [-0.3, -0.25) is 9.59 Å². The minimum absolute atomic E-state index is 0.134. The highest BCUT2D eigenvalue weighted by atomic mass is 16.6. The van der Waals surface area contributed by atoms with Crippen LogP contribution in [-0.2, 0) is 14.3 Å². The monoisotopic (exact) mass is 335 g/mol. The number of carbonyl (C=O) groups is 3. The lowest BCUT2D eigenvalue weighted by molar-refractivity contribution is -0.140. The van der Waals surface area contributed by atoms with E-state index in [0.717, 1.165) is 29.0 Å². The molecule has 1 atom stereocenters. The molecule has 0 radical (unpaired) electrons. The normalized spacial score (nSPS) is 23.1. The van der Waals surface area contributed by atoms with Crippen LogP contribution in [0.5, 0.6) is 0 Å². The summed E-state index contributed by atoms with van der Waals surface area (Å²) in [6.07, 6.45) is 0.884. The van der Waals surface area contributed by atoms with Gasteiger partial charge in [0, 0.05) is 12.1 Å².